The lowest BCUT2D eigenvalue weighted by Gasteiger charge is -2.39. The quantitative estimate of drug-likeness (QED) is 0.836. The van der Waals surface area contributed by atoms with E-state index in [2.05, 4.69) is 26.1 Å². The molecule has 1 aliphatic carbocycles. The summed E-state index contributed by atoms with van der Waals surface area (Å²) in [5.74, 6) is -0.0343. The maximum atomic E-state index is 13.1. The average Bonchev–Trinajstić information content (AvgIpc) is 3.05. The lowest BCUT2D eigenvalue weighted by molar-refractivity contribution is -0.127. The molecule has 27 heavy (non-hydrogen) atoms. The summed E-state index contributed by atoms with van der Waals surface area (Å²) < 4.78 is 13.1. The van der Waals surface area contributed by atoms with E-state index in [9.17, 15) is 14.0 Å². The second-order valence-electron chi connectivity index (χ2n) is 8.78. The standard InChI is InChI=1S/C22H31FN2O2/c1-4-22(2,3)16-5-9-18(10-6-16)24-21(27)15-13-20(26)25(14-15)19-11-7-17(23)8-12-19/h7-8,11-12,15-16,18H,4-6,9-10,13-14H2,1-3H3,(H,24,27)/t15-,16?,18?/m1/s1. The molecule has 2 amide bonds. The van der Waals surface area contributed by atoms with Crippen LogP contribution in [0.1, 0.15) is 59.3 Å². The molecule has 1 saturated heterocycles. The highest BCUT2D eigenvalue weighted by atomic mass is 19.1. The van der Waals surface area contributed by atoms with Crippen molar-refractivity contribution in [2.24, 2.45) is 17.3 Å². The second-order valence-corrected chi connectivity index (χ2v) is 8.78. The van der Waals surface area contributed by atoms with E-state index in [0.29, 0.717) is 17.6 Å². The predicted octanol–water partition coefficient (Wildman–Crippen LogP) is 4.29. The van der Waals surface area contributed by atoms with Crippen LogP contribution in [0.25, 0.3) is 0 Å². The summed E-state index contributed by atoms with van der Waals surface area (Å²) in [4.78, 5) is 26.6. The van der Waals surface area contributed by atoms with Gasteiger partial charge in [0.2, 0.25) is 11.8 Å². The van der Waals surface area contributed by atoms with Gasteiger partial charge in [-0.3, -0.25) is 9.59 Å². The first kappa shape index (κ1) is 19.8. The summed E-state index contributed by atoms with van der Waals surface area (Å²) in [7, 11) is 0. The lowest BCUT2D eigenvalue weighted by Crippen LogP contribution is -2.43. The molecule has 1 aromatic carbocycles. The van der Waals surface area contributed by atoms with Crippen LogP contribution in [0.3, 0.4) is 0 Å². The molecular formula is C22H31FN2O2. The van der Waals surface area contributed by atoms with Crippen molar-refractivity contribution in [3.05, 3.63) is 30.1 Å². The van der Waals surface area contributed by atoms with E-state index in [0.717, 1.165) is 31.6 Å². The molecule has 1 saturated carbocycles. The molecule has 1 heterocycles. The summed E-state index contributed by atoms with van der Waals surface area (Å²) in [6, 6.07) is 6.07. The maximum absolute atomic E-state index is 13.1. The molecule has 1 N–H and O–H groups in total. The molecule has 148 valence electrons. The van der Waals surface area contributed by atoms with Crippen LogP contribution < -0.4 is 10.2 Å². The van der Waals surface area contributed by atoms with Crippen molar-refractivity contribution in [2.45, 2.75) is 65.3 Å². The third-order valence-corrected chi connectivity index (χ3v) is 6.72. The van der Waals surface area contributed by atoms with E-state index in [1.165, 1.54) is 18.6 Å². The molecule has 4 nitrogen and oxygen atoms in total. The minimum Gasteiger partial charge on any atom is -0.353 e. The van der Waals surface area contributed by atoms with Crippen LogP contribution in [0.15, 0.2) is 24.3 Å². The van der Waals surface area contributed by atoms with Gasteiger partial charge in [-0.2, -0.15) is 0 Å². The van der Waals surface area contributed by atoms with Crippen molar-refractivity contribution in [3.63, 3.8) is 0 Å². The van der Waals surface area contributed by atoms with E-state index < -0.39 is 0 Å². The zero-order chi connectivity index (χ0) is 19.6. The van der Waals surface area contributed by atoms with Crippen molar-refractivity contribution < 1.29 is 14.0 Å². The minimum atomic E-state index is -0.332. The molecule has 0 bridgehead atoms. The van der Waals surface area contributed by atoms with Gasteiger partial charge in [-0.05, 0) is 61.3 Å². The molecule has 2 aliphatic rings. The first-order valence-corrected chi connectivity index (χ1v) is 10.2. The van der Waals surface area contributed by atoms with Gasteiger partial charge < -0.3 is 10.2 Å². The normalized spacial score (nSPS) is 26.3. The highest BCUT2D eigenvalue weighted by molar-refractivity contribution is 6.00. The summed E-state index contributed by atoms with van der Waals surface area (Å²) in [5, 5.41) is 3.17. The lowest BCUT2D eigenvalue weighted by atomic mass is 9.69. The van der Waals surface area contributed by atoms with Crippen molar-refractivity contribution in [2.75, 3.05) is 11.4 Å². The first-order valence-electron chi connectivity index (χ1n) is 10.2. The molecule has 0 unspecified atom stereocenters. The van der Waals surface area contributed by atoms with E-state index in [4.69, 9.17) is 0 Å². The number of halogens is 1. The van der Waals surface area contributed by atoms with Crippen LogP contribution in [0.2, 0.25) is 0 Å². The molecule has 1 atom stereocenters. The zero-order valence-corrected chi connectivity index (χ0v) is 16.6. The fraction of sp³-hybridized carbons (Fsp3) is 0.636. The van der Waals surface area contributed by atoms with Crippen LogP contribution in [0, 0.1) is 23.1 Å². The fourth-order valence-electron chi connectivity index (χ4n) is 4.38. The Hall–Kier alpha value is -1.91. The van der Waals surface area contributed by atoms with Crippen LogP contribution in [0.4, 0.5) is 10.1 Å². The average molecular weight is 375 g/mol. The Kier molecular flexibility index (Phi) is 5.87. The predicted molar refractivity (Wildman–Crippen MR) is 105 cm³/mol. The number of carbonyl (C=O) groups excluding carboxylic acids is 2. The number of benzene rings is 1. The topological polar surface area (TPSA) is 49.4 Å². The monoisotopic (exact) mass is 374 g/mol. The Morgan fingerprint density at radius 3 is 2.41 bits per heavy atom. The number of carbonyl (C=O) groups is 2. The molecule has 1 aromatic rings. The van der Waals surface area contributed by atoms with Crippen LogP contribution in [-0.4, -0.2) is 24.4 Å². The van der Waals surface area contributed by atoms with Gasteiger partial charge in [-0.1, -0.05) is 27.2 Å². The Labute approximate surface area is 161 Å². The van der Waals surface area contributed by atoms with Crippen molar-refractivity contribution in [1.29, 1.82) is 0 Å². The van der Waals surface area contributed by atoms with Crippen molar-refractivity contribution in [1.82, 2.24) is 5.32 Å². The van der Waals surface area contributed by atoms with E-state index >= 15 is 0 Å². The summed E-state index contributed by atoms with van der Waals surface area (Å²) >= 11 is 0. The van der Waals surface area contributed by atoms with Gasteiger partial charge in [-0.25, -0.2) is 4.39 Å². The van der Waals surface area contributed by atoms with E-state index in [1.807, 2.05) is 0 Å². The molecule has 0 aromatic heterocycles. The maximum Gasteiger partial charge on any atom is 0.227 e. The van der Waals surface area contributed by atoms with Gasteiger partial charge in [0.25, 0.3) is 0 Å². The van der Waals surface area contributed by atoms with Gasteiger partial charge in [-0.15, -0.1) is 0 Å². The number of amides is 2. The highest BCUT2D eigenvalue weighted by Crippen LogP contribution is 2.40. The molecule has 0 spiro atoms. The first-order chi connectivity index (χ1) is 12.8. The second kappa shape index (κ2) is 7.99. The summed E-state index contributed by atoms with van der Waals surface area (Å²) in [5.41, 5.74) is 1.02. The number of rotatable bonds is 5. The van der Waals surface area contributed by atoms with Crippen molar-refractivity contribution >= 4 is 17.5 Å². The Morgan fingerprint density at radius 2 is 1.81 bits per heavy atom. The summed E-state index contributed by atoms with van der Waals surface area (Å²) in [6.45, 7) is 7.29. The summed E-state index contributed by atoms with van der Waals surface area (Å²) in [6.07, 6.45) is 5.73. The van der Waals surface area contributed by atoms with E-state index in [-0.39, 0.29) is 36.0 Å². The zero-order valence-electron chi connectivity index (χ0n) is 16.6. The molecule has 5 heteroatoms. The van der Waals surface area contributed by atoms with Crippen LogP contribution >= 0.6 is 0 Å². The number of hydrogen-bond acceptors (Lipinski definition) is 2. The number of nitrogens with zero attached hydrogens (tertiary/aromatic N) is 1. The Balaban J connectivity index is 1.52. The smallest absolute Gasteiger partial charge is 0.227 e. The molecule has 0 radical (unpaired) electrons. The SMILES string of the molecule is CCC(C)(C)C1CCC(NC(=O)[C@@H]2CC(=O)N(c3ccc(F)cc3)C2)CC1. The molecule has 2 fully saturated rings. The Morgan fingerprint density at radius 1 is 1.19 bits per heavy atom. The highest BCUT2D eigenvalue weighted by Gasteiger charge is 2.37. The van der Waals surface area contributed by atoms with Crippen LogP contribution in [-0.2, 0) is 9.59 Å². The van der Waals surface area contributed by atoms with Crippen molar-refractivity contribution in [3.8, 4) is 0 Å². The molecule has 3 rings (SSSR count). The molecular weight excluding hydrogens is 343 g/mol. The fourth-order valence-corrected chi connectivity index (χ4v) is 4.38. The van der Waals surface area contributed by atoms with E-state index in [1.54, 1.807) is 17.0 Å². The van der Waals surface area contributed by atoms with Gasteiger partial charge >= 0.3 is 0 Å². The van der Waals surface area contributed by atoms with Gasteiger partial charge in [0.15, 0.2) is 0 Å². The molecule has 1 aliphatic heterocycles. The van der Waals surface area contributed by atoms with Gasteiger partial charge in [0, 0.05) is 24.7 Å². The third kappa shape index (κ3) is 4.50. The number of nitrogens with one attached hydrogen (secondary N) is 1. The minimum absolute atomic E-state index is 0.0221. The van der Waals surface area contributed by atoms with Gasteiger partial charge in [0.05, 0.1) is 5.92 Å². The number of hydrogen-bond donors (Lipinski definition) is 1. The Bertz CT molecular complexity index is 678. The third-order valence-electron chi connectivity index (χ3n) is 6.72. The largest absolute Gasteiger partial charge is 0.353 e. The van der Waals surface area contributed by atoms with Crippen LogP contribution in [0.5, 0.6) is 0 Å². The van der Waals surface area contributed by atoms with Gasteiger partial charge in [0.1, 0.15) is 5.82 Å². The number of anilines is 1.